The van der Waals surface area contributed by atoms with Crippen LogP contribution in [0.2, 0.25) is 0 Å². The van der Waals surface area contributed by atoms with Gasteiger partial charge in [0.2, 0.25) is 5.91 Å². The second-order valence-corrected chi connectivity index (χ2v) is 4.81. The van der Waals surface area contributed by atoms with Gasteiger partial charge in [0.25, 0.3) is 0 Å². The van der Waals surface area contributed by atoms with Gasteiger partial charge in [-0.25, -0.2) is 4.39 Å². The molecule has 0 fully saturated rings. The Bertz CT molecular complexity index is 671. The number of nitrogens with one attached hydrogen (secondary N) is 2. The van der Waals surface area contributed by atoms with E-state index in [0.717, 1.165) is 5.56 Å². The monoisotopic (exact) mass is 288 g/mol. The van der Waals surface area contributed by atoms with E-state index in [1.54, 1.807) is 19.1 Å². The summed E-state index contributed by atoms with van der Waals surface area (Å²) in [6.45, 7) is 3.48. The number of aryl methyl sites for hydroxylation is 1. The molecule has 0 saturated carbocycles. The summed E-state index contributed by atoms with van der Waals surface area (Å²) in [5.41, 5.74) is 2.23. The second kappa shape index (κ2) is 6.26. The van der Waals surface area contributed by atoms with Crippen molar-refractivity contribution in [1.29, 1.82) is 0 Å². The number of phenols is 1. The molecule has 21 heavy (non-hydrogen) atoms. The highest BCUT2D eigenvalue weighted by atomic mass is 19.1. The molecule has 0 aliphatic rings. The minimum atomic E-state index is -0.420. The van der Waals surface area contributed by atoms with Gasteiger partial charge in [0, 0.05) is 24.7 Å². The lowest BCUT2D eigenvalue weighted by Gasteiger charge is -2.12. The minimum absolute atomic E-state index is 0.198. The summed E-state index contributed by atoms with van der Waals surface area (Å²) in [6.07, 6.45) is 0. The largest absolute Gasteiger partial charge is 0.507 e. The van der Waals surface area contributed by atoms with E-state index in [4.69, 9.17) is 0 Å². The summed E-state index contributed by atoms with van der Waals surface area (Å²) < 4.78 is 13.8. The van der Waals surface area contributed by atoms with Crippen LogP contribution in [-0.2, 0) is 11.3 Å². The number of carbonyl (C=O) groups excluding carboxylic acids is 1. The van der Waals surface area contributed by atoms with Gasteiger partial charge in [0.15, 0.2) is 0 Å². The normalized spacial score (nSPS) is 10.2. The van der Waals surface area contributed by atoms with E-state index in [1.165, 1.54) is 25.1 Å². The number of amides is 1. The first kappa shape index (κ1) is 14.8. The lowest BCUT2D eigenvalue weighted by Crippen LogP contribution is -2.07. The Balaban J connectivity index is 2.15. The maximum absolute atomic E-state index is 13.8. The first-order chi connectivity index (χ1) is 9.97. The first-order valence-electron chi connectivity index (χ1n) is 6.56. The molecule has 0 bridgehead atoms. The van der Waals surface area contributed by atoms with Gasteiger partial charge in [-0.05, 0) is 30.7 Å². The topological polar surface area (TPSA) is 61.4 Å². The Morgan fingerprint density at radius 1 is 1.29 bits per heavy atom. The Morgan fingerprint density at radius 3 is 2.76 bits per heavy atom. The highest BCUT2D eigenvalue weighted by Crippen LogP contribution is 2.24. The molecule has 0 unspecified atom stereocenters. The lowest BCUT2D eigenvalue weighted by molar-refractivity contribution is -0.114. The summed E-state index contributed by atoms with van der Waals surface area (Å²) in [4.78, 5) is 11.0. The highest BCUT2D eigenvalue weighted by molar-refractivity contribution is 5.89. The standard InChI is InChI=1S/C16H17FN2O2/c1-10-4-3-5-12(16(10)21)9-18-15-8-13(19-11(2)20)6-7-14(15)17/h3-8,18,21H,9H2,1-2H3,(H,19,20). The fourth-order valence-electron chi connectivity index (χ4n) is 1.99. The van der Waals surface area contributed by atoms with Crippen LogP contribution in [0, 0.1) is 12.7 Å². The fraction of sp³-hybridized carbons (Fsp3) is 0.188. The van der Waals surface area contributed by atoms with E-state index in [0.29, 0.717) is 11.3 Å². The van der Waals surface area contributed by atoms with Crippen LogP contribution in [0.25, 0.3) is 0 Å². The number of anilines is 2. The molecule has 0 spiro atoms. The van der Waals surface area contributed by atoms with Crippen molar-refractivity contribution in [2.45, 2.75) is 20.4 Å². The molecule has 2 rings (SSSR count). The summed E-state index contributed by atoms with van der Waals surface area (Å²) in [7, 11) is 0. The summed E-state index contributed by atoms with van der Waals surface area (Å²) in [5.74, 6) is -0.441. The van der Waals surface area contributed by atoms with Crippen LogP contribution < -0.4 is 10.6 Å². The molecule has 110 valence electrons. The van der Waals surface area contributed by atoms with Gasteiger partial charge in [0.05, 0.1) is 5.69 Å². The average Bonchev–Trinajstić information content (AvgIpc) is 2.43. The molecule has 5 heteroatoms. The predicted octanol–water partition coefficient (Wildman–Crippen LogP) is 3.41. The van der Waals surface area contributed by atoms with Crippen molar-refractivity contribution in [2.24, 2.45) is 0 Å². The molecule has 2 aromatic rings. The van der Waals surface area contributed by atoms with Crippen molar-refractivity contribution in [1.82, 2.24) is 0 Å². The van der Waals surface area contributed by atoms with Gasteiger partial charge >= 0.3 is 0 Å². The quantitative estimate of drug-likeness (QED) is 0.808. The van der Waals surface area contributed by atoms with Crippen LogP contribution >= 0.6 is 0 Å². The Labute approximate surface area is 122 Å². The minimum Gasteiger partial charge on any atom is -0.507 e. The zero-order valence-electron chi connectivity index (χ0n) is 11.9. The van der Waals surface area contributed by atoms with Crippen LogP contribution in [0.15, 0.2) is 36.4 Å². The zero-order valence-corrected chi connectivity index (χ0v) is 11.9. The van der Waals surface area contributed by atoms with Crippen molar-refractivity contribution >= 4 is 17.3 Å². The molecule has 0 aliphatic heterocycles. The van der Waals surface area contributed by atoms with Crippen molar-refractivity contribution in [3.63, 3.8) is 0 Å². The average molecular weight is 288 g/mol. The molecule has 0 heterocycles. The molecular formula is C16H17FN2O2. The molecule has 0 atom stereocenters. The van der Waals surface area contributed by atoms with Crippen LogP contribution in [0.3, 0.4) is 0 Å². The molecule has 0 radical (unpaired) electrons. The fourth-order valence-corrected chi connectivity index (χ4v) is 1.99. The third kappa shape index (κ3) is 3.72. The highest BCUT2D eigenvalue weighted by Gasteiger charge is 2.07. The predicted molar refractivity (Wildman–Crippen MR) is 80.9 cm³/mol. The molecule has 1 amide bonds. The molecular weight excluding hydrogens is 271 g/mol. The third-order valence-corrected chi connectivity index (χ3v) is 3.08. The van der Waals surface area contributed by atoms with Crippen LogP contribution in [0.1, 0.15) is 18.1 Å². The Kier molecular flexibility index (Phi) is 4.42. The van der Waals surface area contributed by atoms with Gasteiger partial charge in [-0.15, -0.1) is 0 Å². The van der Waals surface area contributed by atoms with Crippen LogP contribution in [0.4, 0.5) is 15.8 Å². The molecule has 2 aromatic carbocycles. The molecule has 0 aromatic heterocycles. The van der Waals surface area contributed by atoms with Gasteiger partial charge in [0.1, 0.15) is 11.6 Å². The van der Waals surface area contributed by atoms with Gasteiger partial charge in [-0.3, -0.25) is 4.79 Å². The van der Waals surface area contributed by atoms with E-state index in [-0.39, 0.29) is 23.9 Å². The molecule has 3 N–H and O–H groups in total. The Morgan fingerprint density at radius 2 is 2.05 bits per heavy atom. The zero-order chi connectivity index (χ0) is 15.4. The number of rotatable bonds is 4. The van der Waals surface area contributed by atoms with Crippen LogP contribution in [-0.4, -0.2) is 11.0 Å². The summed E-state index contributed by atoms with van der Waals surface area (Å²) in [6, 6.07) is 9.69. The molecule has 0 aliphatic carbocycles. The molecule has 4 nitrogen and oxygen atoms in total. The second-order valence-electron chi connectivity index (χ2n) is 4.81. The molecule has 0 saturated heterocycles. The van der Waals surface area contributed by atoms with Crippen molar-refractivity contribution in [3.05, 3.63) is 53.3 Å². The van der Waals surface area contributed by atoms with E-state index in [2.05, 4.69) is 10.6 Å². The number of para-hydroxylation sites is 1. The van der Waals surface area contributed by atoms with Gasteiger partial charge < -0.3 is 15.7 Å². The maximum Gasteiger partial charge on any atom is 0.221 e. The number of halogens is 1. The SMILES string of the molecule is CC(=O)Nc1ccc(F)c(NCc2cccc(C)c2O)c1. The van der Waals surface area contributed by atoms with Crippen molar-refractivity contribution in [3.8, 4) is 5.75 Å². The number of phenolic OH excluding ortho intramolecular Hbond substituents is 1. The maximum atomic E-state index is 13.8. The number of benzene rings is 2. The Hall–Kier alpha value is -2.56. The first-order valence-corrected chi connectivity index (χ1v) is 6.56. The smallest absolute Gasteiger partial charge is 0.221 e. The van der Waals surface area contributed by atoms with Gasteiger partial charge in [-0.2, -0.15) is 0 Å². The number of carbonyl (C=O) groups is 1. The van der Waals surface area contributed by atoms with E-state index in [9.17, 15) is 14.3 Å². The van der Waals surface area contributed by atoms with E-state index < -0.39 is 5.82 Å². The number of hydrogen-bond donors (Lipinski definition) is 3. The number of hydrogen-bond acceptors (Lipinski definition) is 3. The number of aromatic hydroxyl groups is 1. The lowest BCUT2D eigenvalue weighted by atomic mass is 10.1. The van der Waals surface area contributed by atoms with E-state index in [1.807, 2.05) is 6.07 Å². The van der Waals surface area contributed by atoms with Crippen molar-refractivity contribution in [2.75, 3.05) is 10.6 Å². The summed E-state index contributed by atoms with van der Waals surface area (Å²) in [5, 5.41) is 15.4. The van der Waals surface area contributed by atoms with E-state index >= 15 is 0 Å². The summed E-state index contributed by atoms with van der Waals surface area (Å²) >= 11 is 0. The van der Waals surface area contributed by atoms with Crippen LogP contribution in [0.5, 0.6) is 5.75 Å². The van der Waals surface area contributed by atoms with Gasteiger partial charge in [-0.1, -0.05) is 18.2 Å². The van der Waals surface area contributed by atoms with Crippen molar-refractivity contribution < 1.29 is 14.3 Å². The third-order valence-electron chi connectivity index (χ3n) is 3.08.